The van der Waals surface area contributed by atoms with Crippen molar-refractivity contribution in [1.82, 2.24) is 0 Å². The molecule has 2 rings (SSSR count). The molecule has 0 saturated heterocycles. The Bertz CT molecular complexity index is 534. The van der Waals surface area contributed by atoms with E-state index in [0.717, 1.165) is 36.9 Å². The Kier molecular flexibility index (Phi) is 4.62. The van der Waals surface area contributed by atoms with Crippen LogP contribution in [0.25, 0.3) is 0 Å². The molecule has 106 valence electrons. The minimum absolute atomic E-state index is 0.0943. The van der Waals surface area contributed by atoms with Crippen molar-refractivity contribution in [2.24, 2.45) is 5.92 Å². The summed E-state index contributed by atoms with van der Waals surface area (Å²) >= 11 is 0. The molecule has 1 aromatic carbocycles. The molecule has 2 unspecified atom stereocenters. The molecular weight excluding hydrogens is 252 g/mol. The maximum Gasteiger partial charge on any atom is 0.308 e. The van der Waals surface area contributed by atoms with Crippen molar-refractivity contribution in [3.63, 3.8) is 0 Å². The van der Waals surface area contributed by atoms with Crippen molar-refractivity contribution in [2.45, 2.75) is 45.1 Å². The number of nitrogens with one attached hydrogen (secondary N) is 1. The lowest BCUT2D eigenvalue weighted by Gasteiger charge is -2.25. The van der Waals surface area contributed by atoms with E-state index < -0.39 is 5.97 Å². The van der Waals surface area contributed by atoms with Crippen LogP contribution < -0.4 is 5.32 Å². The summed E-state index contributed by atoms with van der Waals surface area (Å²) in [6.07, 6.45) is 4.64. The number of benzene rings is 1. The number of anilines is 1. The van der Waals surface area contributed by atoms with E-state index in [1.54, 1.807) is 6.07 Å². The summed E-state index contributed by atoms with van der Waals surface area (Å²) in [4.78, 5) is 11.4. The van der Waals surface area contributed by atoms with Gasteiger partial charge >= 0.3 is 5.97 Å². The summed E-state index contributed by atoms with van der Waals surface area (Å²) in [7, 11) is 0. The molecule has 4 nitrogen and oxygen atoms in total. The van der Waals surface area contributed by atoms with Crippen LogP contribution in [0.4, 0.5) is 5.69 Å². The smallest absolute Gasteiger partial charge is 0.308 e. The number of carboxylic acids is 1. The fourth-order valence-electron chi connectivity index (χ4n) is 2.91. The lowest BCUT2D eigenvalue weighted by atomic mass is 9.94. The fourth-order valence-corrected chi connectivity index (χ4v) is 2.91. The number of rotatable bonds is 3. The van der Waals surface area contributed by atoms with Crippen molar-refractivity contribution < 1.29 is 9.90 Å². The fraction of sp³-hybridized carbons (Fsp3) is 0.500. The molecule has 2 N–H and O–H groups in total. The average molecular weight is 272 g/mol. The first kappa shape index (κ1) is 14.4. The predicted octanol–water partition coefficient (Wildman–Crippen LogP) is 3.31. The molecule has 0 heterocycles. The normalized spacial score (nSPS) is 22.6. The number of aryl methyl sites for hydroxylation is 1. The van der Waals surface area contributed by atoms with Gasteiger partial charge < -0.3 is 10.4 Å². The van der Waals surface area contributed by atoms with Crippen LogP contribution >= 0.6 is 0 Å². The topological polar surface area (TPSA) is 73.1 Å². The Labute approximate surface area is 119 Å². The highest BCUT2D eigenvalue weighted by Crippen LogP contribution is 2.29. The Morgan fingerprint density at radius 1 is 1.35 bits per heavy atom. The summed E-state index contributed by atoms with van der Waals surface area (Å²) in [6.45, 7) is 1.94. The summed E-state index contributed by atoms with van der Waals surface area (Å²) in [6, 6.07) is 7.64. The quantitative estimate of drug-likeness (QED) is 0.828. The number of hydrogen-bond acceptors (Lipinski definition) is 3. The Balaban J connectivity index is 2.27. The standard InChI is InChI=1S/C16H20N2O2/c1-11-6-5-7-12(10-17)15(11)18-14-9-4-2-3-8-13(14)16(19)20/h5-7,13-14,18H,2-4,8-9H2,1H3,(H,19,20). The molecule has 0 radical (unpaired) electrons. The van der Waals surface area contributed by atoms with Crippen molar-refractivity contribution in [3.05, 3.63) is 29.3 Å². The van der Waals surface area contributed by atoms with Gasteiger partial charge in [0.2, 0.25) is 0 Å². The second-order valence-corrected chi connectivity index (χ2v) is 5.44. The lowest BCUT2D eigenvalue weighted by Crippen LogP contribution is -2.34. The van der Waals surface area contributed by atoms with Crippen LogP contribution in [-0.4, -0.2) is 17.1 Å². The first-order valence-electron chi connectivity index (χ1n) is 7.12. The van der Waals surface area contributed by atoms with Crippen LogP contribution in [0, 0.1) is 24.2 Å². The molecule has 20 heavy (non-hydrogen) atoms. The zero-order chi connectivity index (χ0) is 14.5. The summed E-state index contributed by atoms with van der Waals surface area (Å²) in [5.74, 6) is -1.11. The van der Waals surface area contributed by atoms with Crippen LogP contribution in [0.5, 0.6) is 0 Å². The molecule has 2 atom stereocenters. The maximum atomic E-state index is 11.4. The Morgan fingerprint density at radius 2 is 2.10 bits per heavy atom. The van der Waals surface area contributed by atoms with Crippen molar-refractivity contribution in [3.8, 4) is 6.07 Å². The van der Waals surface area contributed by atoms with Crippen molar-refractivity contribution in [2.75, 3.05) is 5.32 Å². The van der Waals surface area contributed by atoms with Gasteiger partial charge in [0.25, 0.3) is 0 Å². The number of carbonyl (C=O) groups is 1. The van der Waals surface area contributed by atoms with E-state index in [2.05, 4.69) is 11.4 Å². The SMILES string of the molecule is Cc1cccc(C#N)c1NC1CCCCCC1C(=O)O. The van der Waals surface area contributed by atoms with Gasteiger partial charge in [-0.15, -0.1) is 0 Å². The minimum atomic E-state index is -0.739. The predicted molar refractivity (Wildman–Crippen MR) is 77.5 cm³/mol. The van der Waals surface area contributed by atoms with E-state index in [1.807, 2.05) is 19.1 Å². The average Bonchev–Trinajstić information content (AvgIpc) is 2.66. The summed E-state index contributed by atoms with van der Waals surface area (Å²) in [5.41, 5.74) is 2.35. The van der Waals surface area contributed by atoms with Crippen LogP contribution in [-0.2, 0) is 4.79 Å². The molecule has 1 aliphatic rings. The van der Waals surface area contributed by atoms with Gasteiger partial charge in [-0.25, -0.2) is 0 Å². The molecule has 1 aliphatic carbocycles. The molecular formula is C16H20N2O2. The highest BCUT2D eigenvalue weighted by molar-refractivity contribution is 5.72. The van der Waals surface area contributed by atoms with E-state index in [9.17, 15) is 15.2 Å². The number of aliphatic carboxylic acids is 1. The van der Waals surface area contributed by atoms with Gasteiger partial charge in [0, 0.05) is 6.04 Å². The number of para-hydroxylation sites is 1. The van der Waals surface area contributed by atoms with Gasteiger partial charge in [-0.2, -0.15) is 5.26 Å². The van der Waals surface area contributed by atoms with Gasteiger partial charge in [-0.3, -0.25) is 4.79 Å². The highest BCUT2D eigenvalue weighted by atomic mass is 16.4. The molecule has 1 saturated carbocycles. The number of nitriles is 1. The van der Waals surface area contributed by atoms with Gasteiger partial charge in [-0.05, 0) is 31.4 Å². The monoisotopic (exact) mass is 272 g/mol. The van der Waals surface area contributed by atoms with Gasteiger partial charge in [0.15, 0.2) is 0 Å². The van der Waals surface area contributed by atoms with E-state index >= 15 is 0 Å². The van der Waals surface area contributed by atoms with Crippen molar-refractivity contribution >= 4 is 11.7 Å². The van der Waals surface area contributed by atoms with Gasteiger partial charge in [0.1, 0.15) is 6.07 Å². The van der Waals surface area contributed by atoms with E-state index in [0.29, 0.717) is 12.0 Å². The third-order valence-corrected chi connectivity index (χ3v) is 4.06. The van der Waals surface area contributed by atoms with Crippen LogP contribution in [0.1, 0.15) is 43.2 Å². The number of carboxylic acid groups (broad SMARTS) is 1. The number of nitrogens with zero attached hydrogens (tertiary/aromatic N) is 1. The molecule has 1 fully saturated rings. The summed E-state index contributed by atoms with van der Waals surface area (Å²) < 4.78 is 0. The zero-order valence-corrected chi connectivity index (χ0v) is 11.7. The third-order valence-electron chi connectivity index (χ3n) is 4.06. The second kappa shape index (κ2) is 6.42. The van der Waals surface area contributed by atoms with E-state index in [4.69, 9.17) is 0 Å². The third kappa shape index (κ3) is 3.11. The summed E-state index contributed by atoms with van der Waals surface area (Å²) in [5, 5.41) is 21.9. The van der Waals surface area contributed by atoms with E-state index in [1.165, 1.54) is 0 Å². The van der Waals surface area contributed by atoms with Gasteiger partial charge in [0.05, 0.1) is 17.2 Å². The van der Waals surface area contributed by atoms with Crippen LogP contribution in [0.2, 0.25) is 0 Å². The zero-order valence-electron chi connectivity index (χ0n) is 11.7. The second-order valence-electron chi connectivity index (χ2n) is 5.44. The van der Waals surface area contributed by atoms with E-state index in [-0.39, 0.29) is 12.0 Å². The van der Waals surface area contributed by atoms with Crippen LogP contribution in [0.15, 0.2) is 18.2 Å². The first-order valence-corrected chi connectivity index (χ1v) is 7.12. The van der Waals surface area contributed by atoms with Gasteiger partial charge in [-0.1, -0.05) is 31.4 Å². The molecule has 0 aromatic heterocycles. The Hall–Kier alpha value is -2.02. The lowest BCUT2D eigenvalue weighted by molar-refractivity contribution is -0.142. The molecule has 0 aliphatic heterocycles. The molecule has 0 spiro atoms. The van der Waals surface area contributed by atoms with Crippen molar-refractivity contribution in [1.29, 1.82) is 5.26 Å². The Morgan fingerprint density at radius 3 is 2.80 bits per heavy atom. The minimum Gasteiger partial charge on any atom is -0.481 e. The number of hydrogen-bond donors (Lipinski definition) is 2. The van der Waals surface area contributed by atoms with Crippen LogP contribution in [0.3, 0.4) is 0 Å². The largest absolute Gasteiger partial charge is 0.481 e. The molecule has 1 aromatic rings. The molecule has 0 bridgehead atoms. The highest BCUT2D eigenvalue weighted by Gasteiger charge is 2.30. The molecule has 4 heteroatoms. The molecule has 0 amide bonds. The maximum absolute atomic E-state index is 11.4. The first-order chi connectivity index (χ1) is 9.63.